The Kier molecular flexibility index (Phi) is 8.17. The highest BCUT2D eigenvalue weighted by atomic mass is 16.2. The van der Waals surface area contributed by atoms with E-state index in [1.807, 2.05) is 6.92 Å². The van der Waals surface area contributed by atoms with Crippen LogP contribution in [0.25, 0.3) is 0 Å². The van der Waals surface area contributed by atoms with Gasteiger partial charge in [-0.15, -0.1) is 0 Å². The second kappa shape index (κ2) is 8.48. The second-order valence-electron chi connectivity index (χ2n) is 5.27. The summed E-state index contributed by atoms with van der Waals surface area (Å²) in [5, 5.41) is 2.99. The van der Waals surface area contributed by atoms with E-state index in [1.54, 1.807) is 0 Å². The number of carbonyl (C=O) groups is 1. The largest absolute Gasteiger partial charge is 0.355 e. The lowest BCUT2D eigenvalue weighted by Crippen LogP contribution is -2.50. The molecule has 0 radical (unpaired) electrons. The Balaban J connectivity index is 4.15. The van der Waals surface area contributed by atoms with Crippen molar-refractivity contribution in [2.45, 2.75) is 53.1 Å². The fraction of sp³-hybridized carbons (Fsp3) is 0.923. The molecule has 0 rings (SSSR count). The monoisotopic (exact) mass is 243 g/mol. The zero-order chi connectivity index (χ0) is 13.4. The van der Waals surface area contributed by atoms with Crippen molar-refractivity contribution in [2.75, 3.05) is 19.6 Å². The van der Waals surface area contributed by atoms with Crippen LogP contribution in [0.2, 0.25) is 0 Å². The first-order valence-electron chi connectivity index (χ1n) is 6.63. The SMILES string of the molecule is CC(C)CCNC(=O)C(C)N(CCN)C(C)C. The number of amides is 1. The molecule has 4 nitrogen and oxygen atoms in total. The van der Waals surface area contributed by atoms with Gasteiger partial charge >= 0.3 is 0 Å². The molecule has 0 aliphatic heterocycles. The van der Waals surface area contributed by atoms with E-state index in [0.717, 1.165) is 19.5 Å². The Hall–Kier alpha value is -0.610. The molecule has 0 aromatic carbocycles. The Morgan fingerprint density at radius 2 is 1.82 bits per heavy atom. The minimum absolute atomic E-state index is 0.104. The average molecular weight is 243 g/mol. The van der Waals surface area contributed by atoms with Crippen LogP contribution in [0.3, 0.4) is 0 Å². The summed E-state index contributed by atoms with van der Waals surface area (Å²) < 4.78 is 0. The number of nitrogens with one attached hydrogen (secondary N) is 1. The predicted molar refractivity (Wildman–Crippen MR) is 72.8 cm³/mol. The van der Waals surface area contributed by atoms with Crippen molar-refractivity contribution in [3.63, 3.8) is 0 Å². The summed E-state index contributed by atoms with van der Waals surface area (Å²) in [6.45, 7) is 12.5. The molecular weight excluding hydrogens is 214 g/mol. The molecule has 102 valence electrons. The lowest BCUT2D eigenvalue weighted by molar-refractivity contribution is -0.126. The number of nitrogens with two attached hydrogens (primary N) is 1. The lowest BCUT2D eigenvalue weighted by atomic mass is 10.1. The normalized spacial score (nSPS) is 13.5. The molecule has 1 atom stereocenters. The van der Waals surface area contributed by atoms with Gasteiger partial charge in [0.1, 0.15) is 0 Å². The topological polar surface area (TPSA) is 58.4 Å². The summed E-state index contributed by atoms with van der Waals surface area (Å²) >= 11 is 0. The van der Waals surface area contributed by atoms with Gasteiger partial charge in [0.15, 0.2) is 0 Å². The summed E-state index contributed by atoms with van der Waals surface area (Å²) in [5.41, 5.74) is 5.57. The standard InChI is InChI=1S/C13H29N3O/c1-10(2)6-8-15-13(17)12(5)16(9-7-14)11(3)4/h10-12H,6-9,14H2,1-5H3,(H,15,17). The highest BCUT2D eigenvalue weighted by Crippen LogP contribution is 2.05. The van der Waals surface area contributed by atoms with E-state index in [1.165, 1.54) is 0 Å². The van der Waals surface area contributed by atoms with Gasteiger partial charge in [0.25, 0.3) is 0 Å². The van der Waals surface area contributed by atoms with Crippen LogP contribution in [-0.4, -0.2) is 42.5 Å². The molecule has 0 spiro atoms. The number of nitrogens with zero attached hydrogens (tertiary/aromatic N) is 1. The van der Waals surface area contributed by atoms with Crippen molar-refractivity contribution in [1.29, 1.82) is 0 Å². The van der Waals surface area contributed by atoms with Crippen LogP contribution in [0, 0.1) is 5.92 Å². The van der Waals surface area contributed by atoms with Crippen LogP contribution in [0.1, 0.15) is 41.0 Å². The molecule has 0 saturated carbocycles. The first-order valence-corrected chi connectivity index (χ1v) is 6.63. The molecule has 0 aliphatic rings. The Morgan fingerprint density at radius 1 is 1.24 bits per heavy atom. The lowest BCUT2D eigenvalue weighted by Gasteiger charge is -2.31. The quantitative estimate of drug-likeness (QED) is 0.673. The summed E-state index contributed by atoms with van der Waals surface area (Å²) in [4.78, 5) is 14.1. The zero-order valence-corrected chi connectivity index (χ0v) is 12.0. The number of hydrogen-bond donors (Lipinski definition) is 2. The summed E-state index contributed by atoms with van der Waals surface area (Å²) in [7, 11) is 0. The van der Waals surface area contributed by atoms with Crippen molar-refractivity contribution in [1.82, 2.24) is 10.2 Å². The van der Waals surface area contributed by atoms with Gasteiger partial charge < -0.3 is 11.1 Å². The van der Waals surface area contributed by atoms with Gasteiger partial charge in [0, 0.05) is 25.7 Å². The molecule has 17 heavy (non-hydrogen) atoms. The van der Waals surface area contributed by atoms with E-state index in [-0.39, 0.29) is 11.9 Å². The van der Waals surface area contributed by atoms with Gasteiger partial charge in [-0.25, -0.2) is 0 Å². The minimum Gasteiger partial charge on any atom is -0.355 e. The minimum atomic E-state index is -0.106. The molecule has 0 saturated heterocycles. The molecule has 1 unspecified atom stereocenters. The van der Waals surface area contributed by atoms with E-state index in [9.17, 15) is 4.79 Å². The first-order chi connectivity index (χ1) is 7.90. The molecule has 0 fully saturated rings. The number of rotatable bonds is 8. The highest BCUT2D eigenvalue weighted by Gasteiger charge is 2.22. The second-order valence-corrected chi connectivity index (χ2v) is 5.27. The first kappa shape index (κ1) is 16.4. The fourth-order valence-electron chi connectivity index (χ4n) is 1.83. The van der Waals surface area contributed by atoms with Crippen LogP contribution in [0.4, 0.5) is 0 Å². The Bertz CT molecular complexity index is 217. The van der Waals surface area contributed by atoms with Gasteiger partial charge in [-0.05, 0) is 33.1 Å². The third kappa shape index (κ3) is 6.64. The van der Waals surface area contributed by atoms with Crippen molar-refractivity contribution >= 4 is 5.91 Å². The predicted octanol–water partition coefficient (Wildman–Crippen LogP) is 1.21. The van der Waals surface area contributed by atoms with Gasteiger partial charge in [0.05, 0.1) is 6.04 Å². The molecular formula is C13H29N3O. The van der Waals surface area contributed by atoms with E-state index < -0.39 is 0 Å². The van der Waals surface area contributed by atoms with Gasteiger partial charge in [-0.3, -0.25) is 9.69 Å². The maximum Gasteiger partial charge on any atom is 0.237 e. The summed E-state index contributed by atoms with van der Waals surface area (Å²) in [6.07, 6.45) is 1.02. The molecule has 0 aliphatic carbocycles. The maximum atomic E-state index is 12.0. The Labute approximate surface area is 106 Å². The third-order valence-electron chi connectivity index (χ3n) is 2.95. The van der Waals surface area contributed by atoms with Crippen molar-refractivity contribution in [2.24, 2.45) is 11.7 Å². The van der Waals surface area contributed by atoms with E-state index in [4.69, 9.17) is 5.73 Å². The summed E-state index contributed by atoms with van der Waals surface area (Å²) in [5.74, 6) is 0.726. The van der Waals surface area contributed by atoms with Gasteiger partial charge in [-0.1, -0.05) is 13.8 Å². The van der Waals surface area contributed by atoms with Crippen LogP contribution in [0.5, 0.6) is 0 Å². The van der Waals surface area contributed by atoms with Crippen LogP contribution in [-0.2, 0) is 4.79 Å². The Morgan fingerprint density at radius 3 is 2.24 bits per heavy atom. The van der Waals surface area contributed by atoms with Crippen LogP contribution >= 0.6 is 0 Å². The highest BCUT2D eigenvalue weighted by molar-refractivity contribution is 5.81. The van der Waals surface area contributed by atoms with Gasteiger partial charge in [-0.2, -0.15) is 0 Å². The molecule has 0 aromatic rings. The summed E-state index contributed by atoms with van der Waals surface area (Å²) in [6, 6.07) is 0.232. The molecule has 0 aromatic heterocycles. The van der Waals surface area contributed by atoms with Crippen molar-refractivity contribution < 1.29 is 4.79 Å². The van der Waals surface area contributed by atoms with Crippen molar-refractivity contribution in [3.05, 3.63) is 0 Å². The van der Waals surface area contributed by atoms with E-state index >= 15 is 0 Å². The third-order valence-corrected chi connectivity index (χ3v) is 2.95. The molecule has 0 bridgehead atoms. The van der Waals surface area contributed by atoms with Crippen molar-refractivity contribution in [3.8, 4) is 0 Å². The average Bonchev–Trinajstić information content (AvgIpc) is 2.23. The number of carbonyl (C=O) groups excluding carboxylic acids is 1. The fourth-order valence-corrected chi connectivity index (χ4v) is 1.83. The molecule has 0 heterocycles. The van der Waals surface area contributed by atoms with Gasteiger partial charge in [0.2, 0.25) is 5.91 Å². The van der Waals surface area contributed by atoms with E-state index in [2.05, 4.69) is 37.9 Å². The van der Waals surface area contributed by atoms with E-state index in [0.29, 0.717) is 18.5 Å². The molecule has 4 heteroatoms. The maximum absolute atomic E-state index is 12.0. The smallest absolute Gasteiger partial charge is 0.237 e. The number of hydrogen-bond acceptors (Lipinski definition) is 3. The molecule has 1 amide bonds. The molecule has 3 N–H and O–H groups in total. The van der Waals surface area contributed by atoms with Crippen LogP contribution < -0.4 is 11.1 Å². The zero-order valence-electron chi connectivity index (χ0n) is 12.0. The van der Waals surface area contributed by atoms with Crippen LogP contribution in [0.15, 0.2) is 0 Å².